The highest BCUT2D eigenvalue weighted by atomic mass is 127. The van der Waals surface area contributed by atoms with Gasteiger partial charge in [0, 0.05) is 16.7 Å². The van der Waals surface area contributed by atoms with Gasteiger partial charge in [-0.3, -0.25) is 0 Å². The van der Waals surface area contributed by atoms with E-state index in [0.717, 1.165) is 40.1 Å². The van der Waals surface area contributed by atoms with Crippen molar-refractivity contribution < 1.29 is 5.11 Å². The Morgan fingerprint density at radius 2 is 2.07 bits per heavy atom. The second-order valence-electron chi connectivity index (χ2n) is 3.34. The van der Waals surface area contributed by atoms with Crippen LogP contribution in [0.4, 0.5) is 5.69 Å². The fourth-order valence-corrected chi connectivity index (χ4v) is 2.19. The molecule has 0 radical (unpaired) electrons. The highest BCUT2D eigenvalue weighted by Gasteiger charge is 1.99. The van der Waals surface area contributed by atoms with Crippen molar-refractivity contribution in [2.75, 3.05) is 18.5 Å². The Morgan fingerprint density at radius 1 is 1.27 bits per heavy atom. The van der Waals surface area contributed by atoms with Gasteiger partial charge in [0.1, 0.15) is 0 Å². The van der Waals surface area contributed by atoms with E-state index in [2.05, 4.69) is 27.9 Å². The van der Waals surface area contributed by atoms with Gasteiger partial charge >= 0.3 is 0 Å². The first kappa shape index (κ1) is 13.1. The lowest BCUT2D eigenvalue weighted by atomic mass is 10.2. The average molecular weight is 340 g/mol. The fraction of sp³-hybridized carbons (Fsp3) is 0.455. The average Bonchev–Trinajstić information content (AvgIpc) is 2.20. The maximum atomic E-state index is 8.61. The summed E-state index contributed by atoms with van der Waals surface area (Å²) in [7, 11) is 0. The van der Waals surface area contributed by atoms with Gasteiger partial charge in [-0.25, -0.2) is 0 Å². The summed E-state index contributed by atoms with van der Waals surface area (Å²) in [5.41, 5.74) is 0.987. The van der Waals surface area contributed by atoms with E-state index in [9.17, 15) is 0 Å². The van der Waals surface area contributed by atoms with Gasteiger partial charge in [-0.05, 0) is 60.1 Å². The molecule has 0 saturated heterocycles. The number of rotatable bonds is 6. The Morgan fingerprint density at radius 3 is 2.73 bits per heavy atom. The number of unbranched alkanes of at least 4 members (excludes halogenated alkanes) is 2. The molecule has 1 aromatic rings. The van der Waals surface area contributed by atoms with E-state index >= 15 is 0 Å². The molecule has 0 heterocycles. The molecule has 0 saturated carbocycles. The summed E-state index contributed by atoms with van der Waals surface area (Å²) in [5.74, 6) is 0. The van der Waals surface area contributed by atoms with Gasteiger partial charge in [-0.15, -0.1) is 0 Å². The minimum atomic E-state index is 0.282. The Kier molecular flexibility index (Phi) is 6.36. The molecule has 0 spiro atoms. The van der Waals surface area contributed by atoms with Gasteiger partial charge in [0.15, 0.2) is 0 Å². The predicted molar refractivity (Wildman–Crippen MR) is 73.6 cm³/mol. The van der Waals surface area contributed by atoms with Crippen LogP contribution < -0.4 is 5.32 Å². The van der Waals surface area contributed by atoms with Crippen molar-refractivity contribution in [2.24, 2.45) is 0 Å². The fourth-order valence-electron chi connectivity index (χ4n) is 1.27. The third-order valence-electron chi connectivity index (χ3n) is 2.08. The quantitative estimate of drug-likeness (QED) is 0.614. The van der Waals surface area contributed by atoms with Gasteiger partial charge in [0.25, 0.3) is 0 Å². The molecule has 0 atom stereocenters. The summed E-state index contributed by atoms with van der Waals surface area (Å²) in [6, 6.07) is 5.97. The summed E-state index contributed by atoms with van der Waals surface area (Å²) in [5, 5.41) is 12.7. The highest BCUT2D eigenvalue weighted by Crippen LogP contribution is 2.23. The van der Waals surface area contributed by atoms with Gasteiger partial charge in [-0.1, -0.05) is 11.6 Å². The summed E-state index contributed by atoms with van der Waals surface area (Å²) in [6.07, 6.45) is 2.98. The first-order valence-electron chi connectivity index (χ1n) is 5.04. The van der Waals surface area contributed by atoms with Crippen molar-refractivity contribution >= 4 is 39.9 Å². The van der Waals surface area contributed by atoms with E-state index in [4.69, 9.17) is 16.7 Å². The predicted octanol–water partition coefficient (Wildman–Crippen LogP) is 3.52. The zero-order chi connectivity index (χ0) is 11.1. The van der Waals surface area contributed by atoms with Crippen LogP contribution in [0.2, 0.25) is 5.02 Å². The van der Waals surface area contributed by atoms with E-state index in [1.54, 1.807) is 0 Å². The first-order chi connectivity index (χ1) is 7.24. The molecule has 2 nitrogen and oxygen atoms in total. The van der Waals surface area contributed by atoms with E-state index in [1.807, 2.05) is 18.2 Å². The Balaban J connectivity index is 2.31. The molecule has 1 rings (SSSR count). The number of hydrogen-bond donors (Lipinski definition) is 2. The lowest BCUT2D eigenvalue weighted by Crippen LogP contribution is -2.02. The molecule has 15 heavy (non-hydrogen) atoms. The standard InChI is InChI=1S/C11H15ClINO/c12-10-8-9(13)4-5-11(10)14-6-2-1-3-7-15/h4-5,8,14-15H,1-3,6-7H2. The molecular formula is C11H15ClINO. The van der Waals surface area contributed by atoms with Crippen LogP contribution in [-0.4, -0.2) is 18.3 Å². The molecule has 0 fully saturated rings. The maximum Gasteiger partial charge on any atom is 0.0648 e. The molecule has 0 bridgehead atoms. The third-order valence-corrected chi connectivity index (χ3v) is 3.07. The molecule has 1 aromatic carbocycles. The number of benzene rings is 1. The van der Waals surface area contributed by atoms with Gasteiger partial charge in [0.2, 0.25) is 0 Å². The second kappa shape index (κ2) is 7.30. The van der Waals surface area contributed by atoms with E-state index in [-0.39, 0.29) is 6.61 Å². The van der Waals surface area contributed by atoms with Crippen molar-refractivity contribution in [2.45, 2.75) is 19.3 Å². The highest BCUT2D eigenvalue weighted by molar-refractivity contribution is 14.1. The lowest BCUT2D eigenvalue weighted by Gasteiger charge is -2.08. The Hall–Kier alpha value is -0.0000000000000000555. The van der Waals surface area contributed by atoms with Crippen molar-refractivity contribution in [3.63, 3.8) is 0 Å². The molecule has 0 aliphatic heterocycles. The molecule has 0 aliphatic carbocycles. The summed E-state index contributed by atoms with van der Waals surface area (Å²) < 4.78 is 1.14. The number of aliphatic hydroxyl groups excluding tert-OH is 1. The van der Waals surface area contributed by atoms with Gasteiger partial charge in [0.05, 0.1) is 10.7 Å². The first-order valence-corrected chi connectivity index (χ1v) is 6.49. The molecule has 0 aliphatic rings. The summed E-state index contributed by atoms with van der Waals surface area (Å²) in [6.45, 7) is 1.19. The van der Waals surface area contributed by atoms with E-state index in [0.29, 0.717) is 0 Å². The summed E-state index contributed by atoms with van der Waals surface area (Å²) in [4.78, 5) is 0. The largest absolute Gasteiger partial charge is 0.396 e. The van der Waals surface area contributed by atoms with E-state index in [1.165, 1.54) is 0 Å². The Bertz CT molecular complexity index is 307. The van der Waals surface area contributed by atoms with Crippen LogP contribution in [0.15, 0.2) is 18.2 Å². The number of anilines is 1. The lowest BCUT2D eigenvalue weighted by molar-refractivity contribution is 0.283. The van der Waals surface area contributed by atoms with Crippen LogP contribution in [0.5, 0.6) is 0 Å². The van der Waals surface area contributed by atoms with Gasteiger partial charge < -0.3 is 10.4 Å². The van der Waals surface area contributed by atoms with Crippen molar-refractivity contribution in [3.05, 3.63) is 26.8 Å². The van der Waals surface area contributed by atoms with Crippen molar-refractivity contribution in [3.8, 4) is 0 Å². The van der Waals surface area contributed by atoms with Crippen LogP contribution in [0.25, 0.3) is 0 Å². The molecule has 2 N–H and O–H groups in total. The SMILES string of the molecule is OCCCCCNc1ccc(I)cc1Cl. The van der Waals surface area contributed by atoms with Crippen LogP contribution in [0, 0.1) is 3.57 Å². The Labute approximate surface area is 109 Å². The maximum absolute atomic E-state index is 8.61. The topological polar surface area (TPSA) is 32.3 Å². The van der Waals surface area contributed by atoms with Crippen molar-refractivity contribution in [1.29, 1.82) is 0 Å². The normalized spacial score (nSPS) is 10.3. The number of aliphatic hydroxyl groups is 1. The number of hydrogen-bond acceptors (Lipinski definition) is 2. The zero-order valence-electron chi connectivity index (χ0n) is 8.47. The molecule has 0 amide bonds. The molecule has 84 valence electrons. The van der Waals surface area contributed by atoms with Gasteiger partial charge in [-0.2, -0.15) is 0 Å². The zero-order valence-corrected chi connectivity index (χ0v) is 11.4. The smallest absolute Gasteiger partial charge is 0.0648 e. The molecule has 0 aromatic heterocycles. The molecule has 4 heteroatoms. The van der Waals surface area contributed by atoms with Crippen LogP contribution >= 0.6 is 34.2 Å². The minimum Gasteiger partial charge on any atom is -0.396 e. The number of halogens is 2. The summed E-state index contributed by atoms with van der Waals surface area (Å²) >= 11 is 8.30. The minimum absolute atomic E-state index is 0.282. The molecule has 0 unspecified atom stereocenters. The van der Waals surface area contributed by atoms with Crippen molar-refractivity contribution in [1.82, 2.24) is 0 Å². The van der Waals surface area contributed by atoms with Crippen LogP contribution in [-0.2, 0) is 0 Å². The van der Waals surface area contributed by atoms with E-state index < -0.39 is 0 Å². The monoisotopic (exact) mass is 339 g/mol. The second-order valence-corrected chi connectivity index (χ2v) is 4.99. The third kappa shape index (κ3) is 5.04. The number of nitrogens with one attached hydrogen (secondary N) is 1. The van der Waals surface area contributed by atoms with Crippen LogP contribution in [0.1, 0.15) is 19.3 Å². The molecular weight excluding hydrogens is 324 g/mol. The van der Waals surface area contributed by atoms with Crippen LogP contribution in [0.3, 0.4) is 0 Å².